The van der Waals surface area contributed by atoms with Crippen molar-refractivity contribution in [3.63, 3.8) is 0 Å². The van der Waals surface area contributed by atoms with Gasteiger partial charge in [0, 0.05) is 23.8 Å². The zero-order valence-electron chi connectivity index (χ0n) is 16.3. The van der Waals surface area contributed by atoms with Crippen LogP contribution in [0.1, 0.15) is 33.6 Å². The zero-order valence-corrected chi connectivity index (χ0v) is 16.3. The Bertz CT molecular complexity index is 659. The van der Waals surface area contributed by atoms with Crippen molar-refractivity contribution < 1.29 is 24.2 Å². The number of carboxylic acids is 1. The van der Waals surface area contributed by atoms with Crippen LogP contribution in [0.3, 0.4) is 0 Å². The third-order valence-corrected chi connectivity index (χ3v) is 4.49. The minimum atomic E-state index is -0.829. The summed E-state index contributed by atoms with van der Waals surface area (Å²) in [5.41, 5.74) is 0.612. The van der Waals surface area contributed by atoms with Crippen LogP contribution in [0.25, 0.3) is 0 Å². The van der Waals surface area contributed by atoms with Gasteiger partial charge in [-0.05, 0) is 45.4 Å². The summed E-state index contributed by atoms with van der Waals surface area (Å²) in [6, 6.07) is 5.18. The number of methoxy groups -OCH3 is 1. The molecule has 1 aliphatic carbocycles. The topological polar surface area (TPSA) is 100 Å². The average molecular weight is 379 g/mol. The molecule has 27 heavy (non-hydrogen) atoms. The van der Waals surface area contributed by atoms with E-state index < -0.39 is 5.97 Å². The van der Waals surface area contributed by atoms with E-state index in [2.05, 4.69) is 10.6 Å². The van der Waals surface area contributed by atoms with E-state index >= 15 is 0 Å². The molecule has 0 heterocycles. The number of likely N-dealkylation sites (N-methyl/N-ethyl adjacent to an activating group) is 1. The van der Waals surface area contributed by atoms with Gasteiger partial charge >= 0.3 is 12.0 Å². The molecule has 0 aromatic heterocycles. The van der Waals surface area contributed by atoms with Crippen molar-refractivity contribution in [2.75, 3.05) is 25.5 Å². The van der Waals surface area contributed by atoms with Crippen LogP contribution < -0.4 is 20.1 Å². The Kier molecular flexibility index (Phi) is 7.29. The monoisotopic (exact) mass is 379 g/mol. The lowest BCUT2D eigenvalue weighted by Crippen LogP contribution is -2.55. The summed E-state index contributed by atoms with van der Waals surface area (Å²) in [7, 11) is 1.57. The molecule has 8 heteroatoms. The van der Waals surface area contributed by atoms with Crippen LogP contribution in [0.4, 0.5) is 10.5 Å². The highest BCUT2D eigenvalue weighted by Gasteiger charge is 2.34. The summed E-state index contributed by atoms with van der Waals surface area (Å²) in [6.45, 7) is 6.49. The average Bonchev–Trinajstić information content (AvgIpc) is 2.55. The number of amides is 2. The lowest BCUT2D eigenvalue weighted by molar-refractivity contribution is -0.139. The summed E-state index contributed by atoms with van der Waals surface area (Å²) >= 11 is 0. The third kappa shape index (κ3) is 6.02. The molecule has 2 rings (SSSR count). The predicted molar refractivity (Wildman–Crippen MR) is 103 cm³/mol. The van der Waals surface area contributed by atoms with Crippen molar-refractivity contribution in [1.29, 1.82) is 0 Å². The van der Waals surface area contributed by atoms with Crippen LogP contribution in [0.15, 0.2) is 18.2 Å². The number of nitrogens with zero attached hydrogens (tertiary/aromatic N) is 1. The number of aliphatic carboxylic acids is 1. The number of ether oxygens (including phenoxy) is 2. The first kappa shape index (κ1) is 20.8. The number of hydrogen-bond acceptors (Lipinski definition) is 5. The van der Waals surface area contributed by atoms with Gasteiger partial charge in [0.05, 0.1) is 19.8 Å². The van der Waals surface area contributed by atoms with Gasteiger partial charge in [-0.3, -0.25) is 9.69 Å². The number of carboxylic acid groups (broad SMARTS) is 1. The maximum Gasteiger partial charge on any atom is 0.319 e. The number of urea groups is 1. The molecule has 0 spiro atoms. The Labute approximate surface area is 159 Å². The van der Waals surface area contributed by atoms with Crippen LogP contribution in [0.5, 0.6) is 11.5 Å². The van der Waals surface area contributed by atoms with E-state index in [-0.39, 0.29) is 30.8 Å². The van der Waals surface area contributed by atoms with Crippen LogP contribution in [0.2, 0.25) is 0 Å². The van der Waals surface area contributed by atoms with Crippen LogP contribution >= 0.6 is 0 Å². The normalized spacial score (nSPS) is 18.7. The maximum atomic E-state index is 12.2. The zero-order chi connectivity index (χ0) is 20.0. The summed E-state index contributed by atoms with van der Waals surface area (Å²) < 4.78 is 11.0. The van der Waals surface area contributed by atoms with E-state index in [4.69, 9.17) is 14.6 Å². The molecule has 150 valence electrons. The fourth-order valence-electron chi connectivity index (χ4n) is 3.13. The van der Waals surface area contributed by atoms with Crippen molar-refractivity contribution in [2.24, 2.45) is 0 Å². The molecule has 0 saturated heterocycles. The number of benzene rings is 1. The van der Waals surface area contributed by atoms with E-state index in [1.54, 1.807) is 25.3 Å². The minimum Gasteiger partial charge on any atom is -0.493 e. The summed E-state index contributed by atoms with van der Waals surface area (Å²) in [5.74, 6) is 0.348. The lowest BCUT2D eigenvalue weighted by Gasteiger charge is -2.42. The largest absolute Gasteiger partial charge is 0.493 e. The second-order valence-electron chi connectivity index (χ2n) is 6.91. The third-order valence-electron chi connectivity index (χ3n) is 4.49. The Hall–Kier alpha value is -2.48. The van der Waals surface area contributed by atoms with Crippen molar-refractivity contribution in [3.05, 3.63) is 18.2 Å². The Balaban J connectivity index is 1.85. The van der Waals surface area contributed by atoms with Crippen molar-refractivity contribution in [2.45, 2.75) is 51.8 Å². The smallest absolute Gasteiger partial charge is 0.319 e. The molecule has 1 fully saturated rings. The van der Waals surface area contributed by atoms with Crippen molar-refractivity contribution in [1.82, 2.24) is 10.2 Å². The Morgan fingerprint density at radius 3 is 2.56 bits per heavy atom. The predicted octanol–water partition coefficient (Wildman–Crippen LogP) is 2.54. The first-order chi connectivity index (χ1) is 12.8. The highest BCUT2D eigenvalue weighted by atomic mass is 16.5. The van der Waals surface area contributed by atoms with Crippen molar-refractivity contribution in [3.8, 4) is 11.5 Å². The molecule has 1 saturated carbocycles. The number of hydrogen-bond donors (Lipinski definition) is 3. The van der Waals surface area contributed by atoms with E-state index in [1.807, 2.05) is 25.7 Å². The van der Waals surface area contributed by atoms with E-state index in [0.29, 0.717) is 23.7 Å². The fraction of sp³-hybridized carbons (Fsp3) is 0.579. The van der Waals surface area contributed by atoms with Crippen LogP contribution in [-0.4, -0.2) is 60.4 Å². The molecule has 0 aliphatic heterocycles. The van der Waals surface area contributed by atoms with Gasteiger partial charge in [-0.25, -0.2) is 4.79 Å². The first-order valence-electron chi connectivity index (χ1n) is 9.20. The van der Waals surface area contributed by atoms with E-state index in [0.717, 1.165) is 12.8 Å². The quantitative estimate of drug-likeness (QED) is 0.610. The minimum absolute atomic E-state index is 0.0119. The summed E-state index contributed by atoms with van der Waals surface area (Å²) in [6.07, 6.45) is 1.49. The first-order valence-corrected chi connectivity index (χ1v) is 9.20. The van der Waals surface area contributed by atoms with Gasteiger partial charge in [-0.15, -0.1) is 0 Å². The molecule has 2 amide bonds. The Morgan fingerprint density at radius 1 is 1.30 bits per heavy atom. The molecule has 8 nitrogen and oxygen atoms in total. The molecule has 1 aliphatic rings. The van der Waals surface area contributed by atoms with Gasteiger partial charge in [0.15, 0.2) is 11.5 Å². The molecule has 0 atom stereocenters. The van der Waals surface area contributed by atoms with Gasteiger partial charge in [0.2, 0.25) is 0 Å². The standard InChI is InChI=1S/C19H29N3O5/c1-5-22(11-18(23)24)15-8-14(9-15)21-19(25)20-13-6-7-16(26-4)17(10-13)27-12(2)3/h6-7,10,12,14-15H,5,8-9,11H2,1-4H3,(H,23,24)(H2,20,21,25). The van der Waals surface area contributed by atoms with Crippen LogP contribution in [-0.2, 0) is 4.79 Å². The van der Waals surface area contributed by atoms with Crippen LogP contribution in [0, 0.1) is 0 Å². The lowest BCUT2D eigenvalue weighted by atomic mass is 9.85. The molecular formula is C19H29N3O5. The van der Waals surface area contributed by atoms with E-state index in [9.17, 15) is 9.59 Å². The fourth-order valence-corrected chi connectivity index (χ4v) is 3.13. The van der Waals surface area contributed by atoms with E-state index in [1.165, 1.54) is 0 Å². The highest BCUT2D eigenvalue weighted by Crippen LogP contribution is 2.31. The molecular weight excluding hydrogens is 350 g/mol. The molecule has 1 aromatic rings. The highest BCUT2D eigenvalue weighted by molar-refractivity contribution is 5.90. The second-order valence-corrected chi connectivity index (χ2v) is 6.91. The molecule has 0 bridgehead atoms. The second kappa shape index (κ2) is 9.45. The number of carbonyl (C=O) groups is 2. The molecule has 0 radical (unpaired) electrons. The van der Waals surface area contributed by atoms with Crippen molar-refractivity contribution >= 4 is 17.7 Å². The number of rotatable bonds is 9. The number of anilines is 1. The SMILES string of the molecule is CCN(CC(=O)O)C1CC(NC(=O)Nc2ccc(OC)c(OC(C)C)c2)C1. The summed E-state index contributed by atoms with van der Waals surface area (Å²) in [4.78, 5) is 25.0. The number of carbonyl (C=O) groups excluding carboxylic acids is 1. The van der Waals surface area contributed by atoms with Gasteiger partial charge in [0.25, 0.3) is 0 Å². The Morgan fingerprint density at radius 2 is 2.00 bits per heavy atom. The number of nitrogens with one attached hydrogen (secondary N) is 2. The van der Waals surface area contributed by atoms with Gasteiger partial charge < -0.3 is 25.2 Å². The maximum absolute atomic E-state index is 12.2. The van der Waals surface area contributed by atoms with Gasteiger partial charge in [-0.1, -0.05) is 6.92 Å². The van der Waals surface area contributed by atoms with Gasteiger partial charge in [0.1, 0.15) is 0 Å². The van der Waals surface area contributed by atoms with Gasteiger partial charge in [-0.2, -0.15) is 0 Å². The molecule has 1 aromatic carbocycles. The molecule has 3 N–H and O–H groups in total. The summed E-state index contributed by atoms with van der Waals surface area (Å²) in [5, 5.41) is 14.7. The molecule has 0 unspecified atom stereocenters.